The Labute approximate surface area is 113 Å². The molecule has 1 rings (SSSR count). The van der Waals surface area contributed by atoms with Gasteiger partial charge in [0.15, 0.2) is 0 Å². The van der Waals surface area contributed by atoms with Gasteiger partial charge in [0.25, 0.3) is 5.69 Å². The number of nitro groups is 1. The predicted molar refractivity (Wildman–Crippen MR) is 66.7 cm³/mol. The molecule has 0 heterocycles. The fourth-order valence-corrected chi connectivity index (χ4v) is 1.67. The number of primary amides is 1. The number of carbonyl (C=O) groups is 2. The predicted octanol–water partition coefficient (Wildman–Crippen LogP) is 1.37. The lowest BCUT2D eigenvalue weighted by Crippen LogP contribution is -2.43. The van der Waals surface area contributed by atoms with Crippen molar-refractivity contribution in [2.75, 3.05) is 0 Å². The summed E-state index contributed by atoms with van der Waals surface area (Å²) in [6.45, 7) is 1.12. The van der Waals surface area contributed by atoms with Gasteiger partial charge in [0, 0.05) is 23.1 Å². The smallest absolute Gasteiger partial charge is 0.319 e. The van der Waals surface area contributed by atoms with Gasteiger partial charge < -0.3 is 10.8 Å². The summed E-state index contributed by atoms with van der Waals surface area (Å²) in [6, 6.07) is 3.79. The topological polar surface area (TPSA) is 124 Å². The average molecular weight is 287 g/mol. The number of hydrogen-bond acceptors (Lipinski definition) is 4. The Bertz CT molecular complexity index is 544. The summed E-state index contributed by atoms with van der Waals surface area (Å²) < 4.78 is 0. The molecule has 1 amide bonds. The third-order valence-electron chi connectivity index (χ3n) is 2.80. The van der Waals surface area contributed by atoms with Crippen molar-refractivity contribution in [3.63, 3.8) is 0 Å². The molecule has 0 bridgehead atoms. The average Bonchev–Trinajstić information content (AvgIpc) is 2.30. The molecule has 0 aliphatic heterocycles. The molecular weight excluding hydrogens is 276 g/mol. The van der Waals surface area contributed by atoms with Gasteiger partial charge in [0.1, 0.15) is 5.41 Å². The van der Waals surface area contributed by atoms with Crippen molar-refractivity contribution in [2.24, 2.45) is 11.1 Å². The van der Waals surface area contributed by atoms with Crippen LogP contribution in [-0.4, -0.2) is 21.9 Å². The highest BCUT2D eigenvalue weighted by Gasteiger charge is 2.41. The van der Waals surface area contributed by atoms with Crippen molar-refractivity contribution in [1.82, 2.24) is 0 Å². The zero-order valence-corrected chi connectivity index (χ0v) is 10.7. The molecule has 0 fully saturated rings. The fourth-order valence-electron chi connectivity index (χ4n) is 1.51. The van der Waals surface area contributed by atoms with E-state index in [2.05, 4.69) is 0 Å². The summed E-state index contributed by atoms with van der Waals surface area (Å²) in [5.41, 5.74) is 2.88. The van der Waals surface area contributed by atoms with Crippen molar-refractivity contribution in [2.45, 2.75) is 13.3 Å². The van der Waals surface area contributed by atoms with Gasteiger partial charge in [-0.2, -0.15) is 0 Å². The number of carbonyl (C=O) groups excluding carboxylic acids is 1. The third kappa shape index (κ3) is 3.00. The van der Waals surface area contributed by atoms with E-state index in [1.807, 2.05) is 0 Å². The number of nitrogens with zero attached hydrogens (tertiary/aromatic N) is 1. The number of amides is 1. The van der Waals surface area contributed by atoms with Crippen LogP contribution in [0.15, 0.2) is 18.2 Å². The summed E-state index contributed by atoms with van der Waals surface area (Å²) in [5, 5.41) is 20.1. The summed E-state index contributed by atoms with van der Waals surface area (Å²) >= 11 is 5.64. The summed E-state index contributed by atoms with van der Waals surface area (Å²) in [6.07, 6.45) is -0.384. The first-order chi connectivity index (χ1) is 8.68. The van der Waals surface area contributed by atoms with Crippen LogP contribution >= 0.6 is 11.6 Å². The third-order valence-corrected chi connectivity index (χ3v) is 3.04. The summed E-state index contributed by atoms with van der Waals surface area (Å²) in [4.78, 5) is 32.6. The molecule has 1 atom stereocenters. The molecule has 0 spiro atoms. The normalized spacial score (nSPS) is 13.6. The monoisotopic (exact) mass is 286 g/mol. The van der Waals surface area contributed by atoms with E-state index in [-0.39, 0.29) is 22.7 Å². The van der Waals surface area contributed by atoms with Crippen molar-refractivity contribution < 1.29 is 19.6 Å². The largest absolute Gasteiger partial charge is 0.480 e. The highest BCUT2D eigenvalue weighted by molar-refractivity contribution is 6.30. The molecule has 7 nitrogen and oxygen atoms in total. The number of benzene rings is 1. The van der Waals surface area contributed by atoms with E-state index in [9.17, 15) is 19.7 Å². The Kier molecular flexibility index (Phi) is 4.10. The lowest BCUT2D eigenvalue weighted by Gasteiger charge is -2.20. The number of nitro benzene ring substituents is 1. The number of hydrogen-bond donors (Lipinski definition) is 2. The van der Waals surface area contributed by atoms with Crippen LogP contribution in [0.2, 0.25) is 5.02 Å². The van der Waals surface area contributed by atoms with Gasteiger partial charge in [-0.1, -0.05) is 17.7 Å². The molecule has 0 saturated carbocycles. The highest BCUT2D eigenvalue weighted by atomic mass is 35.5. The van der Waals surface area contributed by atoms with Crippen LogP contribution < -0.4 is 5.73 Å². The quantitative estimate of drug-likeness (QED) is 0.480. The molecule has 0 aliphatic carbocycles. The Morgan fingerprint density at radius 2 is 2.11 bits per heavy atom. The first kappa shape index (κ1) is 14.9. The van der Waals surface area contributed by atoms with Gasteiger partial charge in [0.05, 0.1) is 4.92 Å². The minimum atomic E-state index is -1.92. The molecule has 19 heavy (non-hydrogen) atoms. The molecule has 102 valence electrons. The molecule has 3 N–H and O–H groups in total. The Hall–Kier alpha value is -2.15. The van der Waals surface area contributed by atoms with Crippen molar-refractivity contribution in [3.8, 4) is 0 Å². The van der Waals surface area contributed by atoms with E-state index in [1.54, 1.807) is 0 Å². The van der Waals surface area contributed by atoms with Gasteiger partial charge in [-0.05, 0) is 13.0 Å². The zero-order valence-electron chi connectivity index (χ0n) is 9.92. The van der Waals surface area contributed by atoms with Crippen LogP contribution in [0.4, 0.5) is 5.69 Å². The lowest BCUT2D eigenvalue weighted by molar-refractivity contribution is -0.385. The van der Waals surface area contributed by atoms with Crippen LogP contribution in [0.25, 0.3) is 0 Å². The Balaban J connectivity index is 3.28. The number of carboxylic acids is 1. The number of halogens is 1. The second-order valence-electron chi connectivity index (χ2n) is 4.21. The number of carboxylic acid groups (broad SMARTS) is 1. The van der Waals surface area contributed by atoms with Crippen molar-refractivity contribution >= 4 is 29.2 Å². The molecule has 0 aromatic heterocycles. The first-order valence-corrected chi connectivity index (χ1v) is 5.52. The van der Waals surface area contributed by atoms with E-state index in [0.717, 1.165) is 13.0 Å². The lowest BCUT2D eigenvalue weighted by atomic mass is 9.82. The second kappa shape index (κ2) is 5.23. The van der Waals surface area contributed by atoms with Gasteiger partial charge in [-0.3, -0.25) is 19.7 Å². The molecule has 1 unspecified atom stereocenters. The number of nitrogens with two attached hydrogens (primary N) is 1. The van der Waals surface area contributed by atoms with Gasteiger partial charge >= 0.3 is 5.97 Å². The van der Waals surface area contributed by atoms with Crippen molar-refractivity contribution in [3.05, 3.63) is 38.9 Å². The van der Waals surface area contributed by atoms with E-state index in [0.29, 0.717) is 0 Å². The first-order valence-electron chi connectivity index (χ1n) is 5.14. The SMILES string of the molecule is CC(Cc1ccc(Cl)cc1[N+](=O)[O-])(C(N)=O)C(=O)O. The Morgan fingerprint density at radius 1 is 1.53 bits per heavy atom. The maximum Gasteiger partial charge on any atom is 0.319 e. The maximum atomic E-state index is 11.3. The fraction of sp³-hybridized carbons (Fsp3) is 0.273. The maximum absolute atomic E-state index is 11.3. The zero-order chi connectivity index (χ0) is 14.8. The highest BCUT2D eigenvalue weighted by Crippen LogP contribution is 2.30. The molecule has 0 aliphatic rings. The summed E-state index contributed by atoms with van der Waals surface area (Å²) in [5.74, 6) is -2.51. The van der Waals surface area contributed by atoms with E-state index in [4.69, 9.17) is 22.4 Å². The second-order valence-corrected chi connectivity index (χ2v) is 4.64. The van der Waals surface area contributed by atoms with Crippen LogP contribution in [0.3, 0.4) is 0 Å². The van der Waals surface area contributed by atoms with Crippen LogP contribution in [0.5, 0.6) is 0 Å². The molecule has 8 heteroatoms. The van der Waals surface area contributed by atoms with Crippen LogP contribution in [-0.2, 0) is 16.0 Å². The molecular formula is C11H11ClN2O5. The van der Waals surface area contributed by atoms with Crippen LogP contribution in [0.1, 0.15) is 12.5 Å². The van der Waals surface area contributed by atoms with Gasteiger partial charge in [-0.25, -0.2) is 0 Å². The molecule has 0 radical (unpaired) electrons. The van der Waals surface area contributed by atoms with E-state index in [1.165, 1.54) is 12.1 Å². The van der Waals surface area contributed by atoms with E-state index >= 15 is 0 Å². The molecule has 1 aromatic rings. The Morgan fingerprint density at radius 3 is 2.53 bits per heavy atom. The molecule has 1 aromatic carbocycles. The van der Waals surface area contributed by atoms with Crippen LogP contribution in [0, 0.1) is 15.5 Å². The van der Waals surface area contributed by atoms with E-state index < -0.39 is 22.2 Å². The minimum Gasteiger partial charge on any atom is -0.480 e. The number of rotatable bonds is 5. The van der Waals surface area contributed by atoms with Gasteiger partial charge in [0.2, 0.25) is 5.91 Å². The number of aliphatic carboxylic acids is 1. The summed E-state index contributed by atoms with van der Waals surface area (Å²) in [7, 11) is 0. The standard InChI is InChI=1S/C11H11ClN2O5/c1-11(9(13)15,10(16)17)5-6-2-3-7(12)4-8(6)14(18)19/h2-4H,5H2,1H3,(H2,13,15)(H,16,17). The van der Waals surface area contributed by atoms with Crippen molar-refractivity contribution in [1.29, 1.82) is 0 Å². The molecule has 0 saturated heterocycles. The minimum absolute atomic E-state index is 0.0816. The van der Waals surface area contributed by atoms with Gasteiger partial charge in [-0.15, -0.1) is 0 Å².